The van der Waals surface area contributed by atoms with Gasteiger partial charge >= 0.3 is 33.6 Å². The lowest BCUT2D eigenvalue weighted by Gasteiger charge is -2.21. The Morgan fingerprint density at radius 1 is 0.349 bits per heavy atom. The van der Waals surface area contributed by atoms with Gasteiger partial charge in [-0.25, -0.2) is 9.13 Å². The summed E-state index contributed by atoms with van der Waals surface area (Å²) in [6.07, 6.45) is 63.0. The van der Waals surface area contributed by atoms with E-state index < -0.39 is 91.5 Å². The smallest absolute Gasteiger partial charge is 0.463 e. The summed E-state index contributed by atoms with van der Waals surface area (Å²) in [5.74, 6) is -1.64. The standard InChI is InChI=1S/C65H110O16P2/c1-4-7-10-13-16-19-22-25-27-28-29-30-32-35-36-39-42-45-48-51-63(68)75-54-60(66)55-77-82(71,72)78-56-61(67)57-79-83(73,74)80-59-62(81-65(70)53-50-47-44-41-38-33-24-21-18-15-12-9-6-3)58-76-64(69)52-49-46-43-40-37-34-31-26-23-20-17-14-11-8-5-2/h7,10,12,15-17,19-21,24-27,29-31,35-36,60-62,66-67H,4-6,8-9,11,13-14,18,22-23,28,32-34,37-59H2,1-3H3,(H,71,72)(H,73,74)/b10-7-,15-12-,19-16-,20-17-,24-21-,27-25-,30-29-,31-26-,36-35-. The van der Waals surface area contributed by atoms with Gasteiger partial charge < -0.3 is 34.2 Å². The number of phosphoric ester groups is 2. The number of aliphatic hydroxyl groups excluding tert-OH is 2. The number of carbonyl (C=O) groups excluding carboxylic acids is 3. The number of esters is 3. The highest BCUT2D eigenvalue weighted by molar-refractivity contribution is 7.47. The number of unbranched alkanes of at least 4 members (excludes halogenated alkanes) is 17. The highest BCUT2D eigenvalue weighted by atomic mass is 31.2. The third-order valence-corrected chi connectivity index (χ3v) is 14.3. The van der Waals surface area contributed by atoms with Gasteiger partial charge in [-0.05, 0) is 122 Å². The minimum atomic E-state index is -4.93. The van der Waals surface area contributed by atoms with E-state index in [0.717, 1.165) is 148 Å². The van der Waals surface area contributed by atoms with Crippen molar-refractivity contribution in [3.05, 3.63) is 109 Å². The zero-order valence-corrected chi connectivity index (χ0v) is 52.9. The minimum Gasteiger partial charge on any atom is -0.463 e. The predicted octanol–water partition coefficient (Wildman–Crippen LogP) is 16.5. The maximum Gasteiger partial charge on any atom is 0.472 e. The summed E-state index contributed by atoms with van der Waals surface area (Å²) in [6.45, 7) is 2.35. The van der Waals surface area contributed by atoms with Gasteiger partial charge in [0.1, 0.15) is 25.4 Å². The van der Waals surface area contributed by atoms with Crippen LogP contribution in [0.5, 0.6) is 0 Å². The Kier molecular flexibility index (Phi) is 55.9. The summed E-state index contributed by atoms with van der Waals surface area (Å²) < 4.78 is 60.6. The van der Waals surface area contributed by atoms with Crippen LogP contribution in [0.15, 0.2) is 109 Å². The number of allylic oxidation sites excluding steroid dienone is 18. The second-order valence-electron chi connectivity index (χ2n) is 20.5. The average molecular weight is 1210 g/mol. The van der Waals surface area contributed by atoms with Crippen molar-refractivity contribution in [3.63, 3.8) is 0 Å². The molecule has 0 rings (SSSR count). The van der Waals surface area contributed by atoms with Crippen LogP contribution in [0.3, 0.4) is 0 Å². The van der Waals surface area contributed by atoms with E-state index >= 15 is 0 Å². The first-order valence-electron chi connectivity index (χ1n) is 31.2. The Labute approximate surface area is 500 Å². The number of ether oxygens (including phenoxy) is 3. The number of phosphoric acid groups is 2. The number of rotatable bonds is 58. The van der Waals surface area contributed by atoms with E-state index in [0.29, 0.717) is 19.3 Å². The third-order valence-electron chi connectivity index (χ3n) is 12.4. The molecule has 0 aromatic carbocycles. The Bertz CT molecular complexity index is 1960. The van der Waals surface area contributed by atoms with Crippen LogP contribution in [-0.2, 0) is 55.8 Å². The molecule has 4 N–H and O–H groups in total. The van der Waals surface area contributed by atoms with Crippen LogP contribution in [-0.4, -0.2) is 95.9 Å². The van der Waals surface area contributed by atoms with Gasteiger partial charge in [0, 0.05) is 19.3 Å². The van der Waals surface area contributed by atoms with Crippen LogP contribution >= 0.6 is 15.6 Å². The molecule has 5 atom stereocenters. The van der Waals surface area contributed by atoms with Gasteiger partial charge in [-0.1, -0.05) is 194 Å². The van der Waals surface area contributed by atoms with Gasteiger partial charge in [0.05, 0.1) is 26.4 Å². The van der Waals surface area contributed by atoms with E-state index in [4.69, 9.17) is 32.3 Å². The van der Waals surface area contributed by atoms with Crippen molar-refractivity contribution < 1.29 is 75.8 Å². The molecule has 476 valence electrons. The van der Waals surface area contributed by atoms with Gasteiger partial charge in [-0.15, -0.1) is 0 Å². The van der Waals surface area contributed by atoms with Gasteiger partial charge in [0.25, 0.3) is 0 Å². The summed E-state index contributed by atoms with van der Waals surface area (Å²) in [6, 6.07) is 0. The Morgan fingerprint density at radius 2 is 0.663 bits per heavy atom. The molecule has 0 fully saturated rings. The average Bonchev–Trinajstić information content (AvgIpc) is 3.46. The number of hydrogen-bond acceptors (Lipinski definition) is 14. The number of aliphatic hydroxyl groups is 2. The molecule has 0 bridgehead atoms. The molecule has 0 aliphatic carbocycles. The normalized spacial score (nSPS) is 15.1. The first-order chi connectivity index (χ1) is 40.2. The van der Waals surface area contributed by atoms with Crippen LogP contribution < -0.4 is 0 Å². The maximum atomic E-state index is 12.9. The number of carbonyl (C=O) groups is 3. The Balaban J connectivity index is 4.70. The fraction of sp³-hybridized carbons (Fsp3) is 0.677. The van der Waals surface area contributed by atoms with E-state index in [2.05, 4.69) is 130 Å². The fourth-order valence-electron chi connectivity index (χ4n) is 7.66. The predicted molar refractivity (Wildman–Crippen MR) is 334 cm³/mol. The molecule has 0 saturated carbocycles. The first kappa shape index (κ1) is 79.2. The minimum absolute atomic E-state index is 0.0824. The van der Waals surface area contributed by atoms with Crippen molar-refractivity contribution in [2.24, 2.45) is 0 Å². The van der Waals surface area contributed by atoms with Gasteiger partial charge in [-0.3, -0.25) is 32.5 Å². The fourth-order valence-corrected chi connectivity index (χ4v) is 9.25. The second kappa shape index (κ2) is 58.6. The molecule has 5 unspecified atom stereocenters. The lowest BCUT2D eigenvalue weighted by atomic mass is 10.1. The van der Waals surface area contributed by atoms with Crippen LogP contribution in [0, 0.1) is 0 Å². The van der Waals surface area contributed by atoms with Crippen LogP contribution in [0.2, 0.25) is 0 Å². The van der Waals surface area contributed by atoms with E-state index in [1.54, 1.807) is 0 Å². The quantitative estimate of drug-likeness (QED) is 0.0146. The van der Waals surface area contributed by atoms with Crippen molar-refractivity contribution in [1.29, 1.82) is 0 Å². The second-order valence-corrected chi connectivity index (χ2v) is 23.4. The zero-order chi connectivity index (χ0) is 61.0. The first-order valence-corrected chi connectivity index (χ1v) is 34.2. The molecule has 0 heterocycles. The molecule has 0 aliphatic heterocycles. The molecule has 0 spiro atoms. The molecular weight excluding hydrogens is 1100 g/mol. The zero-order valence-electron chi connectivity index (χ0n) is 51.1. The molecular formula is C65H110O16P2. The van der Waals surface area contributed by atoms with Crippen molar-refractivity contribution >= 4 is 33.6 Å². The highest BCUT2D eigenvalue weighted by Gasteiger charge is 2.29. The molecule has 0 radical (unpaired) electrons. The van der Waals surface area contributed by atoms with Gasteiger partial charge in [0.15, 0.2) is 6.10 Å². The molecule has 0 aromatic heterocycles. The number of hydrogen-bond donors (Lipinski definition) is 4. The van der Waals surface area contributed by atoms with E-state index in [9.17, 15) is 43.5 Å². The summed E-state index contributed by atoms with van der Waals surface area (Å²) >= 11 is 0. The summed E-state index contributed by atoms with van der Waals surface area (Å²) in [7, 11) is -9.78. The molecule has 16 nitrogen and oxygen atoms in total. The summed E-state index contributed by atoms with van der Waals surface area (Å²) in [4.78, 5) is 58.1. The summed E-state index contributed by atoms with van der Waals surface area (Å²) in [5.41, 5.74) is 0. The van der Waals surface area contributed by atoms with E-state index in [1.807, 2.05) is 0 Å². The monoisotopic (exact) mass is 1210 g/mol. The van der Waals surface area contributed by atoms with Crippen LogP contribution in [0.1, 0.15) is 226 Å². The lowest BCUT2D eigenvalue weighted by molar-refractivity contribution is -0.161. The van der Waals surface area contributed by atoms with Crippen LogP contribution in [0.4, 0.5) is 0 Å². The molecule has 18 heteroatoms. The van der Waals surface area contributed by atoms with Crippen LogP contribution in [0.25, 0.3) is 0 Å². The van der Waals surface area contributed by atoms with Crippen molar-refractivity contribution in [2.75, 3.05) is 39.6 Å². The maximum absolute atomic E-state index is 12.9. The van der Waals surface area contributed by atoms with E-state index in [1.165, 1.54) is 19.3 Å². The topological polar surface area (TPSA) is 231 Å². The molecule has 83 heavy (non-hydrogen) atoms. The largest absolute Gasteiger partial charge is 0.472 e. The van der Waals surface area contributed by atoms with Crippen molar-refractivity contribution in [2.45, 2.75) is 245 Å². The van der Waals surface area contributed by atoms with Gasteiger partial charge in [0.2, 0.25) is 0 Å². The molecule has 0 aliphatic rings. The highest BCUT2D eigenvalue weighted by Crippen LogP contribution is 2.45. The van der Waals surface area contributed by atoms with Crippen molar-refractivity contribution in [1.82, 2.24) is 0 Å². The van der Waals surface area contributed by atoms with Gasteiger partial charge in [-0.2, -0.15) is 0 Å². The Morgan fingerprint density at radius 3 is 1.07 bits per heavy atom. The summed E-state index contributed by atoms with van der Waals surface area (Å²) in [5, 5.41) is 20.5. The third kappa shape index (κ3) is 59.7. The Hall–Kier alpha value is -3.79. The SMILES string of the molecule is CC/C=C\C/C=C\C/C=C\C/C=C\C/C=C\CCCCCC(=O)OCC(O)COP(=O)(O)OCC(O)COP(=O)(O)OCC(COC(=O)CCCCCCC/C=C\C/C=C\CCCCC)OC(=O)CCCCCCC/C=C\C/C=C\CCC. The lowest BCUT2D eigenvalue weighted by Crippen LogP contribution is -2.30. The molecule has 0 saturated heterocycles. The molecule has 0 amide bonds. The van der Waals surface area contributed by atoms with E-state index in [-0.39, 0.29) is 19.3 Å². The molecule has 0 aromatic rings. The van der Waals surface area contributed by atoms with Crippen molar-refractivity contribution in [3.8, 4) is 0 Å².